The number of rotatable bonds is 6. The average Bonchev–Trinajstić information content (AvgIpc) is 3.10. The third kappa shape index (κ3) is 5.31. The molecule has 2 aromatic heterocycles. The van der Waals surface area contributed by atoms with Crippen LogP contribution in [0.5, 0.6) is 11.6 Å². The number of hydrogen-bond acceptors (Lipinski definition) is 5. The van der Waals surface area contributed by atoms with Crippen LogP contribution >= 0.6 is 11.6 Å². The molecule has 144 valence electrons. The van der Waals surface area contributed by atoms with Crippen LogP contribution in [0.2, 0.25) is 5.02 Å². The molecule has 0 radical (unpaired) electrons. The fourth-order valence-corrected chi connectivity index (χ4v) is 2.45. The van der Waals surface area contributed by atoms with Crippen LogP contribution in [0.4, 0.5) is 5.69 Å². The summed E-state index contributed by atoms with van der Waals surface area (Å²) in [5.74, 6) is 0.305. The number of amides is 2. The van der Waals surface area contributed by atoms with Gasteiger partial charge >= 0.3 is 11.8 Å². The third-order valence-corrected chi connectivity index (χ3v) is 4.02. The van der Waals surface area contributed by atoms with E-state index in [1.807, 2.05) is 17.8 Å². The van der Waals surface area contributed by atoms with Crippen LogP contribution in [-0.4, -0.2) is 32.9 Å². The molecular formula is C19H18ClN5O3. The Hall–Kier alpha value is -3.39. The van der Waals surface area contributed by atoms with E-state index < -0.39 is 11.8 Å². The van der Waals surface area contributed by atoms with Crippen molar-refractivity contribution in [2.24, 2.45) is 7.05 Å². The molecule has 0 fully saturated rings. The molecule has 0 aliphatic rings. The van der Waals surface area contributed by atoms with Crippen LogP contribution in [-0.2, 0) is 23.1 Å². The Bertz CT molecular complexity index is 954. The van der Waals surface area contributed by atoms with Crippen LogP contribution in [0.15, 0.2) is 55.0 Å². The number of benzene rings is 1. The number of carbonyl (C=O) groups excluding carboxylic acids is 2. The van der Waals surface area contributed by atoms with Crippen molar-refractivity contribution >= 4 is 29.1 Å². The fourth-order valence-electron chi connectivity index (χ4n) is 2.34. The van der Waals surface area contributed by atoms with Crippen LogP contribution in [0.25, 0.3) is 0 Å². The van der Waals surface area contributed by atoms with Gasteiger partial charge in [0, 0.05) is 50.4 Å². The van der Waals surface area contributed by atoms with Gasteiger partial charge in [-0.25, -0.2) is 9.97 Å². The Kier molecular flexibility index (Phi) is 6.23. The summed E-state index contributed by atoms with van der Waals surface area (Å²) in [6.07, 6.45) is 5.52. The molecule has 0 aliphatic heterocycles. The number of pyridine rings is 1. The zero-order valence-electron chi connectivity index (χ0n) is 15.1. The Labute approximate surface area is 166 Å². The summed E-state index contributed by atoms with van der Waals surface area (Å²) in [4.78, 5) is 32.1. The highest BCUT2D eigenvalue weighted by Gasteiger charge is 2.13. The summed E-state index contributed by atoms with van der Waals surface area (Å²) in [6.45, 7) is 0.317. The van der Waals surface area contributed by atoms with Crippen molar-refractivity contribution in [2.75, 3.05) is 11.9 Å². The molecule has 3 rings (SSSR count). The highest BCUT2D eigenvalue weighted by atomic mass is 35.5. The van der Waals surface area contributed by atoms with Crippen molar-refractivity contribution in [1.82, 2.24) is 19.9 Å². The molecule has 28 heavy (non-hydrogen) atoms. The molecule has 2 heterocycles. The summed E-state index contributed by atoms with van der Waals surface area (Å²) in [5, 5.41) is 5.62. The standard InChI is InChI=1S/C19H18ClN5O3/c1-25-11-10-21-16(25)8-9-22-18(26)19(27)24-14-3-5-15(6-4-14)28-17-7-2-13(20)12-23-17/h2-7,10-12H,8-9H2,1H3,(H,22,26)(H,24,27). The summed E-state index contributed by atoms with van der Waals surface area (Å²) in [7, 11) is 1.87. The van der Waals surface area contributed by atoms with Crippen molar-refractivity contribution in [2.45, 2.75) is 6.42 Å². The van der Waals surface area contributed by atoms with Gasteiger partial charge in [-0.1, -0.05) is 11.6 Å². The minimum Gasteiger partial charge on any atom is -0.439 e. The first-order valence-electron chi connectivity index (χ1n) is 8.46. The zero-order chi connectivity index (χ0) is 19.9. The lowest BCUT2D eigenvalue weighted by molar-refractivity contribution is -0.136. The number of aromatic nitrogens is 3. The van der Waals surface area contributed by atoms with Gasteiger partial charge in [-0.15, -0.1) is 0 Å². The lowest BCUT2D eigenvalue weighted by atomic mass is 10.3. The minimum absolute atomic E-state index is 0.317. The van der Waals surface area contributed by atoms with E-state index in [2.05, 4.69) is 20.6 Å². The quantitative estimate of drug-likeness (QED) is 0.621. The van der Waals surface area contributed by atoms with E-state index in [1.54, 1.807) is 42.6 Å². The van der Waals surface area contributed by atoms with Crippen LogP contribution in [0.3, 0.4) is 0 Å². The molecule has 1 aromatic carbocycles. The van der Waals surface area contributed by atoms with E-state index in [-0.39, 0.29) is 0 Å². The Morgan fingerprint density at radius 2 is 1.89 bits per heavy atom. The highest BCUT2D eigenvalue weighted by Crippen LogP contribution is 2.22. The number of nitrogens with one attached hydrogen (secondary N) is 2. The molecule has 0 atom stereocenters. The van der Waals surface area contributed by atoms with Gasteiger partial charge in [0.05, 0.1) is 5.02 Å². The number of nitrogens with zero attached hydrogens (tertiary/aromatic N) is 3. The normalized spacial score (nSPS) is 10.4. The SMILES string of the molecule is Cn1ccnc1CCNC(=O)C(=O)Nc1ccc(Oc2ccc(Cl)cn2)cc1. The van der Waals surface area contributed by atoms with Crippen molar-refractivity contribution in [3.63, 3.8) is 0 Å². The lowest BCUT2D eigenvalue weighted by Crippen LogP contribution is -2.36. The molecule has 9 heteroatoms. The number of ether oxygens (including phenoxy) is 1. The Morgan fingerprint density at radius 1 is 1.11 bits per heavy atom. The van der Waals surface area contributed by atoms with E-state index >= 15 is 0 Å². The highest BCUT2D eigenvalue weighted by molar-refractivity contribution is 6.39. The first-order chi connectivity index (χ1) is 13.5. The summed E-state index contributed by atoms with van der Waals surface area (Å²) in [6, 6.07) is 9.89. The first kappa shape index (κ1) is 19.4. The van der Waals surface area contributed by atoms with E-state index in [0.717, 1.165) is 5.82 Å². The largest absolute Gasteiger partial charge is 0.439 e. The van der Waals surface area contributed by atoms with E-state index in [0.29, 0.717) is 35.3 Å². The fraction of sp³-hybridized carbons (Fsp3) is 0.158. The number of aryl methyl sites for hydroxylation is 1. The Morgan fingerprint density at radius 3 is 2.54 bits per heavy atom. The topological polar surface area (TPSA) is 98.1 Å². The van der Waals surface area contributed by atoms with E-state index in [9.17, 15) is 9.59 Å². The summed E-state index contributed by atoms with van der Waals surface area (Å²) in [5.41, 5.74) is 0.473. The van der Waals surface area contributed by atoms with Crippen molar-refractivity contribution in [3.05, 3.63) is 65.8 Å². The lowest BCUT2D eigenvalue weighted by Gasteiger charge is -2.08. The maximum absolute atomic E-state index is 12.0. The molecule has 0 unspecified atom stereocenters. The van der Waals surface area contributed by atoms with Crippen molar-refractivity contribution < 1.29 is 14.3 Å². The molecule has 2 N–H and O–H groups in total. The molecular weight excluding hydrogens is 382 g/mol. The van der Waals surface area contributed by atoms with Gasteiger partial charge in [-0.3, -0.25) is 9.59 Å². The zero-order valence-corrected chi connectivity index (χ0v) is 15.8. The second-order valence-electron chi connectivity index (χ2n) is 5.86. The van der Waals surface area contributed by atoms with Gasteiger partial charge in [-0.2, -0.15) is 0 Å². The van der Waals surface area contributed by atoms with Crippen LogP contribution < -0.4 is 15.4 Å². The van der Waals surface area contributed by atoms with E-state index in [4.69, 9.17) is 16.3 Å². The predicted octanol–water partition coefficient (Wildman–Crippen LogP) is 2.56. The first-order valence-corrected chi connectivity index (χ1v) is 8.84. The Balaban J connectivity index is 1.47. The molecule has 0 saturated carbocycles. The second kappa shape index (κ2) is 9.01. The van der Waals surface area contributed by atoms with Crippen molar-refractivity contribution in [3.8, 4) is 11.6 Å². The molecule has 8 nitrogen and oxygen atoms in total. The van der Waals surface area contributed by atoms with Gasteiger partial charge in [0.25, 0.3) is 0 Å². The van der Waals surface area contributed by atoms with Gasteiger partial charge in [0.1, 0.15) is 11.6 Å². The van der Waals surface area contributed by atoms with Crippen LogP contribution in [0, 0.1) is 0 Å². The predicted molar refractivity (Wildman–Crippen MR) is 104 cm³/mol. The third-order valence-electron chi connectivity index (χ3n) is 3.80. The maximum atomic E-state index is 12.0. The molecule has 0 saturated heterocycles. The van der Waals surface area contributed by atoms with E-state index in [1.165, 1.54) is 6.20 Å². The van der Waals surface area contributed by atoms with Gasteiger partial charge in [0.15, 0.2) is 0 Å². The number of halogens is 1. The summed E-state index contributed by atoms with van der Waals surface area (Å²) < 4.78 is 7.43. The maximum Gasteiger partial charge on any atom is 0.313 e. The van der Waals surface area contributed by atoms with Gasteiger partial charge in [-0.05, 0) is 30.3 Å². The number of anilines is 1. The number of carbonyl (C=O) groups is 2. The molecule has 0 spiro atoms. The van der Waals surface area contributed by atoms with Gasteiger partial charge < -0.3 is 19.9 Å². The average molecular weight is 400 g/mol. The summed E-state index contributed by atoms with van der Waals surface area (Å²) >= 11 is 5.78. The number of hydrogen-bond donors (Lipinski definition) is 2. The smallest absolute Gasteiger partial charge is 0.313 e. The molecule has 0 aliphatic carbocycles. The van der Waals surface area contributed by atoms with Crippen LogP contribution in [0.1, 0.15) is 5.82 Å². The minimum atomic E-state index is -0.743. The monoisotopic (exact) mass is 399 g/mol. The second-order valence-corrected chi connectivity index (χ2v) is 6.29. The molecule has 3 aromatic rings. The number of imidazole rings is 1. The van der Waals surface area contributed by atoms with Crippen molar-refractivity contribution in [1.29, 1.82) is 0 Å². The van der Waals surface area contributed by atoms with Gasteiger partial charge in [0.2, 0.25) is 5.88 Å². The molecule has 2 amide bonds. The molecule has 0 bridgehead atoms.